The molecule has 1 aliphatic heterocycles. The Bertz CT molecular complexity index is 1410. The number of likely N-dealkylation sites (tertiary alicyclic amines) is 1. The molecule has 12 heteroatoms. The molecule has 0 radical (unpaired) electrons. The first-order valence-corrected chi connectivity index (χ1v) is 17.4. The number of ether oxygens (including phenoxy) is 2. The van der Waals surface area contributed by atoms with Gasteiger partial charge in [-0.05, 0) is 55.7 Å². The van der Waals surface area contributed by atoms with E-state index in [1.54, 1.807) is 53.5 Å². The fourth-order valence-corrected chi connectivity index (χ4v) is 7.03. The third-order valence-corrected chi connectivity index (χ3v) is 9.93. The van der Waals surface area contributed by atoms with Crippen LogP contribution >= 0.6 is 11.3 Å². The van der Waals surface area contributed by atoms with E-state index in [1.165, 1.54) is 39.2 Å². The van der Waals surface area contributed by atoms with E-state index >= 15 is 0 Å². The van der Waals surface area contributed by atoms with Crippen molar-refractivity contribution in [1.82, 2.24) is 24.6 Å². The summed E-state index contributed by atoms with van der Waals surface area (Å²) >= 11 is 1.53. The number of amides is 4. The van der Waals surface area contributed by atoms with Gasteiger partial charge in [0.05, 0.1) is 26.0 Å². The van der Waals surface area contributed by atoms with Crippen molar-refractivity contribution in [1.29, 1.82) is 0 Å². The van der Waals surface area contributed by atoms with Crippen LogP contribution in [0.1, 0.15) is 70.5 Å². The van der Waals surface area contributed by atoms with Gasteiger partial charge in [-0.2, -0.15) is 0 Å². The molecule has 0 aliphatic carbocycles. The highest BCUT2D eigenvalue weighted by molar-refractivity contribution is 7.09. The van der Waals surface area contributed by atoms with E-state index in [2.05, 4.69) is 4.98 Å². The van der Waals surface area contributed by atoms with Crippen molar-refractivity contribution in [2.75, 3.05) is 41.9 Å². The Morgan fingerprint density at radius 2 is 1.62 bits per heavy atom. The third kappa shape index (κ3) is 9.36. The van der Waals surface area contributed by atoms with Gasteiger partial charge in [0, 0.05) is 51.8 Å². The summed E-state index contributed by atoms with van der Waals surface area (Å²) in [6.07, 6.45) is 5.39. The number of nitrogens with zero attached hydrogens (tertiary/aromatic N) is 5. The lowest BCUT2D eigenvalue weighted by atomic mass is 9.96. The fourth-order valence-electron chi connectivity index (χ4n) is 6.25. The highest BCUT2D eigenvalue weighted by Crippen LogP contribution is 2.35. The maximum atomic E-state index is 14.5. The van der Waals surface area contributed by atoms with Crippen molar-refractivity contribution >= 4 is 35.0 Å². The molecule has 1 saturated heterocycles. The lowest BCUT2D eigenvalue weighted by Crippen LogP contribution is -2.59. The first-order valence-electron chi connectivity index (χ1n) is 16.6. The molecule has 2 heterocycles. The van der Waals surface area contributed by atoms with Crippen molar-refractivity contribution in [3.63, 3.8) is 0 Å². The summed E-state index contributed by atoms with van der Waals surface area (Å²) < 4.78 is 10.5. The SMILES string of the molecule is COC(C)=CC(=O)N(C)[C@@H](Cc1ccc(OC)cc1)C(=O)N(C)C(CC(C)C)C(=O)N(C)[C@H](C(=O)N1CCC[C@H]1c1nccs1)C(C)C. The molecular formula is C36H53N5O6S. The van der Waals surface area contributed by atoms with Crippen molar-refractivity contribution in [3.05, 3.63) is 58.2 Å². The molecule has 1 fully saturated rings. The number of allylic oxidation sites excluding steroid dienone is 1. The van der Waals surface area contributed by atoms with E-state index in [9.17, 15) is 19.2 Å². The summed E-state index contributed by atoms with van der Waals surface area (Å²) in [7, 11) is 7.91. The van der Waals surface area contributed by atoms with E-state index in [0.29, 0.717) is 24.5 Å². The minimum absolute atomic E-state index is 0.0651. The third-order valence-electron chi connectivity index (χ3n) is 9.05. The summed E-state index contributed by atoms with van der Waals surface area (Å²) in [5.41, 5.74) is 0.823. The molecule has 48 heavy (non-hydrogen) atoms. The molecular weight excluding hydrogens is 630 g/mol. The molecule has 0 bridgehead atoms. The summed E-state index contributed by atoms with van der Waals surface area (Å²) in [5.74, 6) is -0.235. The largest absolute Gasteiger partial charge is 0.501 e. The molecule has 2 aromatic rings. The van der Waals surface area contributed by atoms with Crippen LogP contribution in [-0.4, -0.2) is 108 Å². The molecule has 1 unspecified atom stereocenters. The van der Waals surface area contributed by atoms with Crippen LogP contribution in [-0.2, 0) is 30.3 Å². The zero-order chi connectivity index (χ0) is 35.7. The summed E-state index contributed by atoms with van der Waals surface area (Å²) in [6.45, 7) is 10.1. The molecule has 264 valence electrons. The predicted octanol–water partition coefficient (Wildman–Crippen LogP) is 4.79. The number of rotatable bonds is 15. The number of aromatic nitrogens is 1. The number of methoxy groups -OCH3 is 2. The van der Waals surface area contributed by atoms with E-state index in [0.717, 1.165) is 23.4 Å². The molecule has 3 rings (SSSR count). The summed E-state index contributed by atoms with van der Waals surface area (Å²) in [5, 5.41) is 2.81. The molecule has 1 aromatic heterocycles. The fraction of sp³-hybridized carbons (Fsp3) is 0.583. The van der Waals surface area contributed by atoms with Gasteiger partial charge in [0.25, 0.3) is 0 Å². The molecule has 11 nitrogen and oxygen atoms in total. The second-order valence-corrected chi connectivity index (χ2v) is 14.2. The molecule has 1 aliphatic rings. The summed E-state index contributed by atoms with van der Waals surface area (Å²) in [6, 6.07) is 4.71. The summed E-state index contributed by atoms with van der Waals surface area (Å²) in [4.78, 5) is 67.1. The van der Waals surface area contributed by atoms with Crippen LogP contribution in [0.15, 0.2) is 47.7 Å². The number of hydrogen-bond acceptors (Lipinski definition) is 8. The minimum atomic E-state index is -0.921. The van der Waals surface area contributed by atoms with Crippen LogP contribution in [0.5, 0.6) is 5.75 Å². The first-order chi connectivity index (χ1) is 22.7. The lowest BCUT2D eigenvalue weighted by Gasteiger charge is -2.40. The van der Waals surface area contributed by atoms with E-state index in [1.807, 2.05) is 50.1 Å². The predicted molar refractivity (Wildman–Crippen MR) is 187 cm³/mol. The van der Waals surface area contributed by atoms with Crippen molar-refractivity contribution in [2.45, 2.75) is 84.5 Å². The van der Waals surface area contributed by atoms with E-state index in [-0.39, 0.29) is 42.0 Å². The standard InChI is InChI=1S/C36H53N5O6S/c1-23(2)20-29(35(44)40(8)32(24(3)4)36(45)41-18-11-12-28(41)33-37-17-19-48-33)39(7)34(43)30(38(6)31(42)21-25(5)46-9)22-26-13-15-27(47-10)16-14-26/h13-17,19,21,23-24,28-30,32H,11-12,18,20,22H2,1-10H3/t28-,29?,30-,32-/m0/s1. The Morgan fingerprint density at radius 3 is 2.17 bits per heavy atom. The Labute approximate surface area is 289 Å². The number of likely N-dealkylation sites (N-methyl/N-ethyl adjacent to an activating group) is 3. The molecule has 4 amide bonds. The van der Waals surface area contributed by atoms with Crippen LogP contribution in [0.2, 0.25) is 0 Å². The van der Waals surface area contributed by atoms with Crippen LogP contribution < -0.4 is 4.74 Å². The Balaban J connectivity index is 1.94. The Morgan fingerprint density at radius 1 is 0.979 bits per heavy atom. The Kier molecular flexibility index (Phi) is 14.0. The second-order valence-electron chi connectivity index (χ2n) is 13.3. The maximum Gasteiger partial charge on any atom is 0.250 e. The highest BCUT2D eigenvalue weighted by atomic mass is 32.1. The van der Waals surface area contributed by atoms with Crippen molar-refractivity contribution in [3.8, 4) is 5.75 Å². The van der Waals surface area contributed by atoms with Crippen LogP contribution in [0, 0.1) is 11.8 Å². The minimum Gasteiger partial charge on any atom is -0.501 e. The van der Waals surface area contributed by atoms with Crippen molar-refractivity contribution < 1.29 is 28.7 Å². The van der Waals surface area contributed by atoms with Gasteiger partial charge in [-0.15, -0.1) is 11.3 Å². The number of thiazole rings is 1. The van der Waals surface area contributed by atoms with E-state index < -0.39 is 24.0 Å². The monoisotopic (exact) mass is 683 g/mol. The number of hydrogen-bond donors (Lipinski definition) is 0. The second kappa shape index (κ2) is 17.5. The van der Waals surface area contributed by atoms with Crippen molar-refractivity contribution in [2.24, 2.45) is 11.8 Å². The Hall–Kier alpha value is -3.93. The smallest absolute Gasteiger partial charge is 0.250 e. The van der Waals surface area contributed by atoms with Gasteiger partial charge in [0.2, 0.25) is 23.6 Å². The zero-order valence-electron chi connectivity index (χ0n) is 30.1. The molecule has 4 atom stereocenters. The van der Waals surface area contributed by atoms with Gasteiger partial charge in [-0.1, -0.05) is 39.8 Å². The molecule has 0 spiro atoms. The number of benzene rings is 1. The highest BCUT2D eigenvalue weighted by Gasteiger charge is 2.42. The maximum absolute atomic E-state index is 14.5. The molecule has 0 saturated carbocycles. The van der Waals surface area contributed by atoms with Crippen LogP contribution in [0.25, 0.3) is 0 Å². The molecule has 1 aromatic carbocycles. The van der Waals surface area contributed by atoms with Gasteiger partial charge in [-0.3, -0.25) is 19.2 Å². The molecule has 0 N–H and O–H groups in total. The van der Waals surface area contributed by atoms with Crippen LogP contribution in [0.4, 0.5) is 0 Å². The van der Waals surface area contributed by atoms with Gasteiger partial charge in [0.1, 0.15) is 28.9 Å². The zero-order valence-corrected chi connectivity index (χ0v) is 31.0. The first kappa shape index (κ1) is 38.5. The quantitative estimate of drug-likeness (QED) is 0.196. The number of carbonyl (C=O) groups excluding carboxylic acids is 4. The van der Waals surface area contributed by atoms with Gasteiger partial charge in [0.15, 0.2) is 0 Å². The van der Waals surface area contributed by atoms with E-state index in [4.69, 9.17) is 9.47 Å². The van der Waals surface area contributed by atoms with Gasteiger partial charge in [-0.25, -0.2) is 4.98 Å². The topological polar surface area (TPSA) is 113 Å². The van der Waals surface area contributed by atoms with Gasteiger partial charge >= 0.3 is 0 Å². The average molecular weight is 684 g/mol. The number of carbonyl (C=O) groups is 4. The lowest BCUT2D eigenvalue weighted by molar-refractivity contribution is -0.154. The van der Waals surface area contributed by atoms with Crippen LogP contribution in [0.3, 0.4) is 0 Å². The average Bonchev–Trinajstić information content (AvgIpc) is 3.77. The normalized spacial score (nSPS) is 16.8. The van der Waals surface area contributed by atoms with Gasteiger partial charge < -0.3 is 29.1 Å².